The maximum atomic E-state index is 4.71. The Kier molecular flexibility index (Phi) is 2.60. The van der Waals surface area contributed by atoms with Gasteiger partial charge in [0.25, 0.3) is 0 Å². The molecule has 0 saturated carbocycles. The number of rotatable bonds is 2. The summed E-state index contributed by atoms with van der Waals surface area (Å²) in [6, 6.07) is 20.2. The zero-order valence-corrected chi connectivity index (χ0v) is 11.6. The highest BCUT2D eigenvalue weighted by Gasteiger charge is 2.09. The minimum Gasteiger partial charge on any atom is -0.340 e. The zero-order valence-electron chi connectivity index (χ0n) is 11.6. The lowest BCUT2D eigenvalue weighted by Gasteiger charge is -2.10. The first-order chi connectivity index (χ1) is 10.3. The molecule has 4 aromatic rings. The van der Waals surface area contributed by atoms with E-state index in [4.69, 9.17) is 4.98 Å². The molecule has 102 valence electrons. The van der Waals surface area contributed by atoms with E-state index in [0.717, 1.165) is 33.7 Å². The zero-order chi connectivity index (χ0) is 14.2. The van der Waals surface area contributed by atoms with E-state index in [0.29, 0.717) is 0 Å². The fourth-order valence-electron chi connectivity index (χ4n) is 2.53. The van der Waals surface area contributed by atoms with Gasteiger partial charge >= 0.3 is 0 Å². The first-order valence-electron chi connectivity index (χ1n) is 6.88. The van der Waals surface area contributed by atoms with Crippen LogP contribution in [0.1, 0.15) is 5.69 Å². The van der Waals surface area contributed by atoms with Gasteiger partial charge in [-0.1, -0.05) is 30.3 Å². The smallest absolute Gasteiger partial charge is 0.158 e. The predicted molar refractivity (Wildman–Crippen MR) is 85.0 cm³/mol. The number of benzene rings is 2. The van der Waals surface area contributed by atoms with Crippen LogP contribution in [0.4, 0.5) is 11.5 Å². The number of anilines is 2. The molecule has 0 fully saturated rings. The van der Waals surface area contributed by atoms with Crippen LogP contribution in [0.2, 0.25) is 0 Å². The van der Waals surface area contributed by atoms with Gasteiger partial charge in [0.05, 0.1) is 11.2 Å². The molecule has 0 aliphatic rings. The van der Waals surface area contributed by atoms with Crippen LogP contribution in [0.25, 0.3) is 16.6 Å². The lowest BCUT2D eigenvalue weighted by Crippen LogP contribution is -2.00. The van der Waals surface area contributed by atoms with E-state index in [1.54, 1.807) is 0 Å². The van der Waals surface area contributed by atoms with Gasteiger partial charge in [-0.25, -0.2) is 9.50 Å². The molecular weight excluding hydrogens is 260 g/mol. The molecule has 4 nitrogen and oxygen atoms in total. The number of hydrogen-bond acceptors (Lipinski definition) is 3. The molecule has 4 rings (SSSR count). The van der Waals surface area contributed by atoms with Crippen molar-refractivity contribution in [1.82, 2.24) is 14.6 Å². The fraction of sp³-hybridized carbons (Fsp3) is 0.0588. The van der Waals surface area contributed by atoms with Crippen LogP contribution in [0.15, 0.2) is 60.7 Å². The van der Waals surface area contributed by atoms with E-state index < -0.39 is 0 Å². The van der Waals surface area contributed by atoms with Crippen LogP contribution in [-0.2, 0) is 0 Å². The second-order valence-corrected chi connectivity index (χ2v) is 5.02. The quantitative estimate of drug-likeness (QED) is 0.602. The second-order valence-electron chi connectivity index (χ2n) is 5.02. The van der Waals surface area contributed by atoms with Crippen molar-refractivity contribution in [3.8, 4) is 0 Å². The van der Waals surface area contributed by atoms with Crippen LogP contribution in [0, 0.1) is 6.92 Å². The molecule has 4 heteroatoms. The minimum atomic E-state index is 0.851. The molecule has 2 aromatic heterocycles. The number of nitrogens with one attached hydrogen (secondary N) is 1. The Morgan fingerprint density at radius 1 is 0.952 bits per heavy atom. The molecule has 2 aromatic carbocycles. The lowest BCUT2D eigenvalue weighted by atomic mass is 10.2. The van der Waals surface area contributed by atoms with Crippen molar-refractivity contribution in [1.29, 1.82) is 0 Å². The number of para-hydroxylation sites is 2. The molecule has 1 N–H and O–H groups in total. The standard InChI is InChI=1S/C17H14N4/c1-12-11-16-19-17(18-13-7-3-2-4-8-13)14-9-5-6-10-15(14)21(16)20-12/h2-11H,1H3,(H,18,19). The Morgan fingerprint density at radius 2 is 1.71 bits per heavy atom. The number of fused-ring (bicyclic) bond motifs is 3. The highest BCUT2D eigenvalue weighted by molar-refractivity contribution is 5.92. The van der Waals surface area contributed by atoms with Crippen LogP contribution in [0.3, 0.4) is 0 Å². The Labute approximate surface area is 122 Å². The molecule has 2 heterocycles. The molecule has 0 aliphatic heterocycles. The first kappa shape index (κ1) is 11.9. The maximum Gasteiger partial charge on any atom is 0.158 e. The van der Waals surface area contributed by atoms with Gasteiger partial charge in [0.2, 0.25) is 0 Å². The summed E-state index contributed by atoms with van der Waals surface area (Å²) in [6.07, 6.45) is 0. The van der Waals surface area contributed by atoms with Crippen LogP contribution >= 0.6 is 0 Å². The largest absolute Gasteiger partial charge is 0.340 e. The van der Waals surface area contributed by atoms with Gasteiger partial charge in [-0.15, -0.1) is 0 Å². The van der Waals surface area contributed by atoms with Crippen molar-refractivity contribution < 1.29 is 0 Å². The summed E-state index contributed by atoms with van der Waals surface area (Å²) in [5.74, 6) is 0.851. The summed E-state index contributed by atoms with van der Waals surface area (Å²) in [7, 11) is 0. The molecule has 0 aliphatic carbocycles. The molecule has 0 bridgehead atoms. The van der Waals surface area contributed by atoms with Crippen molar-refractivity contribution in [3.63, 3.8) is 0 Å². The Bertz CT molecular complexity index is 925. The lowest BCUT2D eigenvalue weighted by molar-refractivity contribution is 0.957. The fourth-order valence-corrected chi connectivity index (χ4v) is 2.53. The SMILES string of the molecule is Cc1cc2nc(Nc3ccccc3)c3ccccc3n2n1. The number of nitrogens with zero attached hydrogens (tertiary/aromatic N) is 3. The molecule has 0 atom stereocenters. The Morgan fingerprint density at radius 3 is 2.57 bits per heavy atom. The normalized spacial score (nSPS) is 11.1. The third-order valence-electron chi connectivity index (χ3n) is 3.46. The predicted octanol–water partition coefficient (Wildman–Crippen LogP) is 3.93. The van der Waals surface area contributed by atoms with Gasteiger partial charge < -0.3 is 5.32 Å². The van der Waals surface area contributed by atoms with Gasteiger partial charge in [-0.05, 0) is 31.2 Å². The van der Waals surface area contributed by atoms with Crippen molar-refractivity contribution in [3.05, 3.63) is 66.4 Å². The Hall–Kier alpha value is -2.88. The highest BCUT2D eigenvalue weighted by atomic mass is 15.3. The summed E-state index contributed by atoms with van der Waals surface area (Å²) >= 11 is 0. The van der Waals surface area contributed by atoms with E-state index >= 15 is 0 Å². The average Bonchev–Trinajstić information content (AvgIpc) is 2.89. The summed E-state index contributed by atoms with van der Waals surface area (Å²) in [5, 5.41) is 8.96. The van der Waals surface area contributed by atoms with Crippen LogP contribution < -0.4 is 5.32 Å². The third-order valence-corrected chi connectivity index (χ3v) is 3.46. The first-order valence-corrected chi connectivity index (χ1v) is 6.88. The Balaban J connectivity index is 1.98. The van der Waals surface area contributed by atoms with Crippen molar-refractivity contribution in [2.45, 2.75) is 6.92 Å². The second kappa shape index (κ2) is 4.59. The van der Waals surface area contributed by atoms with Gasteiger partial charge in [0, 0.05) is 17.1 Å². The molecule has 21 heavy (non-hydrogen) atoms. The van der Waals surface area contributed by atoms with Gasteiger partial charge in [-0.3, -0.25) is 0 Å². The van der Waals surface area contributed by atoms with E-state index in [1.165, 1.54) is 0 Å². The minimum absolute atomic E-state index is 0.851. The maximum absolute atomic E-state index is 4.71. The number of aromatic nitrogens is 3. The van der Waals surface area contributed by atoms with Crippen LogP contribution in [0.5, 0.6) is 0 Å². The number of aryl methyl sites for hydroxylation is 1. The van der Waals surface area contributed by atoms with Gasteiger partial charge in [0.15, 0.2) is 5.65 Å². The van der Waals surface area contributed by atoms with Gasteiger partial charge in [0.1, 0.15) is 5.82 Å². The highest BCUT2D eigenvalue weighted by Crippen LogP contribution is 2.25. The van der Waals surface area contributed by atoms with E-state index in [9.17, 15) is 0 Å². The molecule has 0 radical (unpaired) electrons. The van der Waals surface area contributed by atoms with Crippen molar-refractivity contribution in [2.75, 3.05) is 5.32 Å². The third kappa shape index (κ3) is 2.01. The van der Waals surface area contributed by atoms with Crippen LogP contribution in [-0.4, -0.2) is 14.6 Å². The number of hydrogen-bond donors (Lipinski definition) is 1. The molecular formula is C17H14N4. The summed E-state index contributed by atoms with van der Waals surface area (Å²) < 4.78 is 1.89. The summed E-state index contributed by atoms with van der Waals surface area (Å²) in [4.78, 5) is 4.71. The molecule has 0 unspecified atom stereocenters. The average molecular weight is 274 g/mol. The van der Waals surface area contributed by atoms with E-state index in [2.05, 4.69) is 22.5 Å². The summed E-state index contributed by atoms with van der Waals surface area (Å²) in [6.45, 7) is 1.98. The van der Waals surface area contributed by atoms with E-state index in [1.807, 2.05) is 60.0 Å². The van der Waals surface area contributed by atoms with Gasteiger partial charge in [-0.2, -0.15) is 5.10 Å². The monoisotopic (exact) mass is 274 g/mol. The van der Waals surface area contributed by atoms with Crippen molar-refractivity contribution >= 4 is 28.1 Å². The molecule has 0 amide bonds. The molecule has 0 saturated heterocycles. The summed E-state index contributed by atoms with van der Waals surface area (Å²) in [5.41, 5.74) is 3.89. The van der Waals surface area contributed by atoms with Crippen molar-refractivity contribution in [2.24, 2.45) is 0 Å². The molecule has 0 spiro atoms. The van der Waals surface area contributed by atoms with E-state index in [-0.39, 0.29) is 0 Å². The topological polar surface area (TPSA) is 42.2 Å².